The van der Waals surface area contributed by atoms with Crippen LogP contribution >= 0.6 is 0 Å². The number of nitrogens with one attached hydrogen (secondary N) is 1. The Morgan fingerprint density at radius 3 is 2.71 bits per heavy atom. The number of carbonyl (C=O) groups excluding carboxylic acids is 1. The number of carbonyl (C=O) groups is 1. The van der Waals surface area contributed by atoms with Crippen molar-refractivity contribution in [1.82, 2.24) is 20.3 Å². The van der Waals surface area contributed by atoms with Crippen LogP contribution in [0, 0.1) is 6.92 Å². The van der Waals surface area contributed by atoms with Crippen molar-refractivity contribution in [3.63, 3.8) is 0 Å². The summed E-state index contributed by atoms with van der Waals surface area (Å²) >= 11 is 0. The Kier molecular flexibility index (Phi) is 5.98. The van der Waals surface area contributed by atoms with Gasteiger partial charge in [-0.1, -0.05) is 24.3 Å². The highest BCUT2D eigenvalue weighted by molar-refractivity contribution is 5.84. The third-order valence-corrected chi connectivity index (χ3v) is 6.22. The lowest BCUT2D eigenvalue weighted by atomic mass is 10.0. The molecule has 0 radical (unpaired) electrons. The number of hydrazine groups is 1. The lowest BCUT2D eigenvalue weighted by Crippen LogP contribution is -2.47. The maximum atomic E-state index is 13.3. The molecule has 34 heavy (non-hydrogen) atoms. The number of oxazole rings is 1. The number of nitrogens with zero attached hydrogens (tertiary/aromatic N) is 3. The zero-order chi connectivity index (χ0) is 23.7. The van der Waals surface area contributed by atoms with Gasteiger partial charge in [-0.3, -0.25) is 4.79 Å². The Balaban J connectivity index is 1.31. The first-order valence-electron chi connectivity index (χ1n) is 11.4. The van der Waals surface area contributed by atoms with E-state index in [4.69, 9.17) is 18.9 Å². The fourth-order valence-corrected chi connectivity index (χ4v) is 4.40. The standard InChI is InChI=1S/C26H28N4O4/c1-4-33-24-8-6-5-7-20(24)25-27-22(17(2)34-25)16-29-13-14-30-23(26(29)31)15-21(28-30)18-9-11-19(32-3)12-10-18/h5-14,21,23,28H,4,15-16H2,1-3H3. The molecule has 2 aromatic carbocycles. The molecule has 8 heteroatoms. The Bertz CT molecular complexity index is 1200. The molecule has 1 saturated heterocycles. The summed E-state index contributed by atoms with van der Waals surface area (Å²) in [6.45, 7) is 4.72. The van der Waals surface area contributed by atoms with Crippen molar-refractivity contribution in [2.24, 2.45) is 0 Å². The molecular weight excluding hydrogens is 432 g/mol. The first-order valence-corrected chi connectivity index (χ1v) is 11.4. The first kappa shape index (κ1) is 22.0. The van der Waals surface area contributed by atoms with E-state index in [0.29, 0.717) is 31.2 Å². The molecule has 8 nitrogen and oxygen atoms in total. The molecule has 176 valence electrons. The smallest absolute Gasteiger partial charge is 0.251 e. The summed E-state index contributed by atoms with van der Waals surface area (Å²) in [6, 6.07) is 15.4. The molecule has 5 rings (SSSR count). The molecule has 0 saturated carbocycles. The summed E-state index contributed by atoms with van der Waals surface area (Å²) in [4.78, 5) is 19.7. The minimum atomic E-state index is -0.276. The van der Waals surface area contributed by atoms with Crippen molar-refractivity contribution in [2.75, 3.05) is 13.7 Å². The highest BCUT2D eigenvalue weighted by atomic mass is 16.5. The van der Waals surface area contributed by atoms with Gasteiger partial charge in [0, 0.05) is 12.4 Å². The van der Waals surface area contributed by atoms with Crippen molar-refractivity contribution >= 4 is 5.91 Å². The number of amides is 1. The van der Waals surface area contributed by atoms with Gasteiger partial charge in [-0.05, 0) is 50.1 Å². The minimum Gasteiger partial charge on any atom is -0.497 e. The maximum absolute atomic E-state index is 13.3. The maximum Gasteiger partial charge on any atom is 0.251 e. The number of rotatable bonds is 7. The van der Waals surface area contributed by atoms with Crippen LogP contribution in [0.25, 0.3) is 11.5 Å². The molecule has 2 aliphatic heterocycles. The Hall–Kier alpha value is -3.78. The van der Waals surface area contributed by atoms with Crippen LogP contribution in [-0.2, 0) is 11.3 Å². The average Bonchev–Trinajstić information content (AvgIpc) is 3.46. The SMILES string of the molecule is CCOc1ccccc1-c1nc(CN2C=CN3NC(c4ccc(OC)cc4)CC3C2=O)c(C)o1. The fraction of sp³-hybridized carbons (Fsp3) is 0.308. The zero-order valence-corrected chi connectivity index (χ0v) is 19.5. The third kappa shape index (κ3) is 4.12. The van der Waals surface area contributed by atoms with Gasteiger partial charge in [0.05, 0.1) is 31.9 Å². The quantitative estimate of drug-likeness (QED) is 0.566. The van der Waals surface area contributed by atoms with Crippen LogP contribution in [0.1, 0.15) is 36.4 Å². The summed E-state index contributed by atoms with van der Waals surface area (Å²) in [5, 5.41) is 1.90. The summed E-state index contributed by atoms with van der Waals surface area (Å²) in [5.41, 5.74) is 6.07. The number of aromatic nitrogens is 1. The van der Waals surface area contributed by atoms with Crippen molar-refractivity contribution < 1.29 is 18.7 Å². The second-order valence-corrected chi connectivity index (χ2v) is 8.33. The predicted molar refractivity (Wildman–Crippen MR) is 127 cm³/mol. The molecule has 2 atom stereocenters. The van der Waals surface area contributed by atoms with E-state index in [1.807, 2.05) is 73.6 Å². The minimum absolute atomic E-state index is 0.0321. The van der Waals surface area contributed by atoms with E-state index in [0.717, 1.165) is 28.3 Å². The van der Waals surface area contributed by atoms with Gasteiger partial charge in [0.1, 0.15) is 29.0 Å². The normalized spacial score (nSPS) is 19.4. The number of hydrogen-bond acceptors (Lipinski definition) is 7. The van der Waals surface area contributed by atoms with E-state index in [9.17, 15) is 4.79 Å². The number of benzene rings is 2. The molecule has 3 heterocycles. The second-order valence-electron chi connectivity index (χ2n) is 8.33. The van der Waals surface area contributed by atoms with Gasteiger partial charge < -0.3 is 23.8 Å². The molecule has 3 aromatic rings. The van der Waals surface area contributed by atoms with Gasteiger partial charge in [-0.25, -0.2) is 10.4 Å². The van der Waals surface area contributed by atoms with Crippen molar-refractivity contribution in [2.45, 2.75) is 38.9 Å². The Morgan fingerprint density at radius 2 is 1.94 bits per heavy atom. The topological polar surface area (TPSA) is 80.1 Å². The molecule has 1 aromatic heterocycles. The predicted octanol–water partition coefficient (Wildman–Crippen LogP) is 4.19. The lowest BCUT2D eigenvalue weighted by molar-refractivity contribution is -0.135. The lowest BCUT2D eigenvalue weighted by Gasteiger charge is -2.31. The highest BCUT2D eigenvalue weighted by Crippen LogP contribution is 2.33. The number of hydrogen-bond donors (Lipinski definition) is 1. The van der Waals surface area contributed by atoms with Crippen LogP contribution in [0.2, 0.25) is 0 Å². The summed E-state index contributed by atoms with van der Waals surface area (Å²) in [6.07, 6.45) is 4.39. The number of ether oxygens (including phenoxy) is 2. The van der Waals surface area contributed by atoms with E-state index in [-0.39, 0.29) is 18.0 Å². The van der Waals surface area contributed by atoms with Crippen LogP contribution in [0.4, 0.5) is 0 Å². The molecule has 2 unspecified atom stereocenters. The molecule has 0 spiro atoms. The molecule has 1 amide bonds. The van der Waals surface area contributed by atoms with E-state index < -0.39 is 0 Å². The number of para-hydroxylation sites is 1. The molecule has 2 aliphatic rings. The molecule has 0 bridgehead atoms. The van der Waals surface area contributed by atoms with Crippen LogP contribution in [0.15, 0.2) is 65.3 Å². The first-order chi connectivity index (χ1) is 16.6. The number of fused-ring (bicyclic) bond motifs is 1. The van der Waals surface area contributed by atoms with Crippen LogP contribution in [-0.4, -0.2) is 40.6 Å². The van der Waals surface area contributed by atoms with Gasteiger partial charge in [-0.2, -0.15) is 0 Å². The van der Waals surface area contributed by atoms with Gasteiger partial charge in [0.25, 0.3) is 5.91 Å². The zero-order valence-electron chi connectivity index (χ0n) is 19.5. The number of methoxy groups -OCH3 is 1. The summed E-state index contributed by atoms with van der Waals surface area (Å²) in [5.74, 6) is 2.75. The van der Waals surface area contributed by atoms with Crippen molar-refractivity contribution in [3.8, 4) is 23.0 Å². The van der Waals surface area contributed by atoms with Crippen LogP contribution in [0.5, 0.6) is 11.5 Å². The van der Waals surface area contributed by atoms with E-state index in [1.165, 1.54) is 0 Å². The monoisotopic (exact) mass is 460 g/mol. The molecule has 1 fully saturated rings. The van der Waals surface area contributed by atoms with Gasteiger partial charge in [-0.15, -0.1) is 0 Å². The van der Waals surface area contributed by atoms with Crippen LogP contribution in [0.3, 0.4) is 0 Å². The van der Waals surface area contributed by atoms with Gasteiger partial charge >= 0.3 is 0 Å². The molecule has 0 aliphatic carbocycles. The van der Waals surface area contributed by atoms with Gasteiger partial charge in [0.2, 0.25) is 5.89 Å². The summed E-state index contributed by atoms with van der Waals surface area (Å²) in [7, 11) is 1.65. The highest BCUT2D eigenvalue weighted by Gasteiger charge is 2.40. The van der Waals surface area contributed by atoms with Gasteiger partial charge in [0.15, 0.2) is 0 Å². The van der Waals surface area contributed by atoms with E-state index in [2.05, 4.69) is 5.43 Å². The largest absolute Gasteiger partial charge is 0.497 e. The average molecular weight is 461 g/mol. The molecule has 1 N–H and O–H groups in total. The summed E-state index contributed by atoms with van der Waals surface area (Å²) < 4.78 is 16.9. The van der Waals surface area contributed by atoms with E-state index in [1.54, 1.807) is 18.2 Å². The Morgan fingerprint density at radius 1 is 1.15 bits per heavy atom. The van der Waals surface area contributed by atoms with Crippen molar-refractivity contribution in [1.29, 1.82) is 0 Å². The van der Waals surface area contributed by atoms with E-state index >= 15 is 0 Å². The fourth-order valence-electron chi connectivity index (χ4n) is 4.40. The number of aryl methyl sites for hydroxylation is 1. The van der Waals surface area contributed by atoms with Crippen molar-refractivity contribution in [3.05, 3.63) is 77.9 Å². The molecular formula is C26H28N4O4. The van der Waals surface area contributed by atoms with Crippen LogP contribution < -0.4 is 14.9 Å². The Labute approximate surface area is 198 Å². The second kappa shape index (κ2) is 9.23. The third-order valence-electron chi connectivity index (χ3n) is 6.22.